The third-order valence-corrected chi connectivity index (χ3v) is 4.53. The lowest BCUT2D eigenvalue weighted by Gasteiger charge is -2.26. The van der Waals surface area contributed by atoms with Crippen molar-refractivity contribution in [3.63, 3.8) is 0 Å². The molecule has 0 aromatic carbocycles. The number of carboxylic acid groups (broad SMARTS) is 1. The standard InChI is InChI=1S/C11H16N2O5S/c1-2-4-12-6-10(14)13(7-11(15)16)9-3-5-19(17,18)8-9/h1,9,12H,3-8H2,(H,15,16). The van der Waals surface area contributed by atoms with Gasteiger partial charge in [-0.2, -0.15) is 0 Å². The molecule has 1 aliphatic rings. The van der Waals surface area contributed by atoms with Gasteiger partial charge in [0, 0.05) is 6.04 Å². The summed E-state index contributed by atoms with van der Waals surface area (Å²) < 4.78 is 22.8. The minimum Gasteiger partial charge on any atom is -0.480 e. The second kappa shape index (κ2) is 6.54. The van der Waals surface area contributed by atoms with Crippen molar-refractivity contribution in [3.8, 4) is 12.3 Å². The van der Waals surface area contributed by atoms with Crippen LogP contribution in [-0.2, 0) is 19.4 Å². The van der Waals surface area contributed by atoms with E-state index in [1.54, 1.807) is 0 Å². The second-order valence-corrected chi connectivity index (χ2v) is 6.51. The largest absolute Gasteiger partial charge is 0.480 e. The second-order valence-electron chi connectivity index (χ2n) is 4.28. The molecule has 106 valence electrons. The maximum absolute atomic E-state index is 11.9. The van der Waals surface area contributed by atoms with E-state index in [9.17, 15) is 18.0 Å². The first kappa shape index (κ1) is 15.5. The predicted molar refractivity (Wildman–Crippen MR) is 68.1 cm³/mol. The number of nitrogens with one attached hydrogen (secondary N) is 1. The summed E-state index contributed by atoms with van der Waals surface area (Å²) in [4.78, 5) is 23.7. The Bertz CT molecular complexity index is 494. The van der Waals surface area contributed by atoms with Crippen molar-refractivity contribution in [2.75, 3.05) is 31.1 Å². The number of sulfone groups is 1. The molecule has 1 aliphatic heterocycles. The van der Waals surface area contributed by atoms with Crippen LogP contribution >= 0.6 is 0 Å². The molecular weight excluding hydrogens is 272 g/mol. The third-order valence-electron chi connectivity index (χ3n) is 2.78. The van der Waals surface area contributed by atoms with E-state index in [2.05, 4.69) is 11.2 Å². The number of terminal acetylenes is 1. The smallest absolute Gasteiger partial charge is 0.323 e. The third kappa shape index (κ3) is 4.89. The van der Waals surface area contributed by atoms with Gasteiger partial charge >= 0.3 is 5.97 Å². The average Bonchev–Trinajstić information content (AvgIpc) is 2.66. The molecule has 1 rings (SSSR count). The van der Waals surface area contributed by atoms with Crippen LogP contribution in [0.4, 0.5) is 0 Å². The van der Waals surface area contributed by atoms with Gasteiger partial charge in [-0.3, -0.25) is 14.9 Å². The molecule has 1 unspecified atom stereocenters. The molecular formula is C11H16N2O5S. The molecule has 1 heterocycles. The van der Waals surface area contributed by atoms with E-state index >= 15 is 0 Å². The molecule has 0 saturated carbocycles. The van der Waals surface area contributed by atoms with Crippen LogP contribution in [0, 0.1) is 12.3 Å². The Morgan fingerprint density at radius 2 is 2.16 bits per heavy atom. The average molecular weight is 288 g/mol. The molecule has 8 heteroatoms. The Balaban J connectivity index is 2.69. The van der Waals surface area contributed by atoms with Crippen molar-refractivity contribution in [1.82, 2.24) is 10.2 Å². The van der Waals surface area contributed by atoms with Gasteiger partial charge in [0.05, 0.1) is 24.6 Å². The summed E-state index contributed by atoms with van der Waals surface area (Å²) in [5, 5.41) is 11.5. The van der Waals surface area contributed by atoms with Crippen LogP contribution in [0.15, 0.2) is 0 Å². The van der Waals surface area contributed by atoms with Gasteiger partial charge in [0.2, 0.25) is 5.91 Å². The van der Waals surface area contributed by atoms with Gasteiger partial charge in [0.25, 0.3) is 0 Å². The van der Waals surface area contributed by atoms with Crippen LogP contribution in [0.5, 0.6) is 0 Å². The fourth-order valence-electron chi connectivity index (χ4n) is 1.93. The monoisotopic (exact) mass is 288 g/mol. The summed E-state index contributed by atoms with van der Waals surface area (Å²) in [7, 11) is -3.17. The first-order valence-electron chi connectivity index (χ1n) is 5.71. The summed E-state index contributed by atoms with van der Waals surface area (Å²) in [6.07, 6.45) is 5.29. The van der Waals surface area contributed by atoms with Crippen LogP contribution in [0.2, 0.25) is 0 Å². The number of amides is 1. The quantitative estimate of drug-likeness (QED) is 0.446. The maximum atomic E-state index is 11.9. The number of carboxylic acids is 1. The highest BCUT2D eigenvalue weighted by molar-refractivity contribution is 7.91. The fraction of sp³-hybridized carbons (Fsp3) is 0.636. The van der Waals surface area contributed by atoms with E-state index in [1.807, 2.05) is 0 Å². The number of hydrogen-bond acceptors (Lipinski definition) is 5. The molecule has 2 N–H and O–H groups in total. The topological polar surface area (TPSA) is 104 Å². The highest BCUT2D eigenvalue weighted by Gasteiger charge is 2.35. The van der Waals surface area contributed by atoms with Gasteiger partial charge in [-0.1, -0.05) is 5.92 Å². The fourth-order valence-corrected chi connectivity index (χ4v) is 3.66. The Morgan fingerprint density at radius 1 is 1.47 bits per heavy atom. The van der Waals surface area contributed by atoms with Crippen LogP contribution < -0.4 is 5.32 Å². The zero-order chi connectivity index (χ0) is 14.5. The van der Waals surface area contributed by atoms with Gasteiger partial charge in [0.1, 0.15) is 6.54 Å². The van der Waals surface area contributed by atoms with E-state index in [4.69, 9.17) is 11.5 Å². The van der Waals surface area contributed by atoms with Crippen LogP contribution in [0.25, 0.3) is 0 Å². The first-order valence-corrected chi connectivity index (χ1v) is 7.53. The van der Waals surface area contributed by atoms with Gasteiger partial charge < -0.3 is 10.0 Å². The SMILES string of the molecule is C#CCNCC(=O)N(CC(=O)O)C1CCS(=O)(=O)C1. The molecule has 1 saturated heterocycles. The zero-order valence-corrected chi connectivity index (χ0v) is 11.1. The molecule has 1 amide bonds. The molecule has 0 radical (unpaired) electrons. The summed E-state index contributed by atoms with van der Waals surface area (Å²) >= 11 is 0. The summed E-state index contributed by atoms with van der Waals surface area (Å²) in [5.74, 6) is 0.467. The highest BCUT2D eigenvalue weighted by Crippen LogP contribution is 2.17. The first-order chi connectivity index (χ1) is 8.85. The van der Waals surface area contributed by atoms with Crippen LogP contribution in [-0.4, -0.2) is 67.5 Å². The minimum absolute atomic E-state index is 0.0150. The van der Waals surface area contributed by atoms with Crippen molar-refractivity contribution in [2.24, 2.45) is 0 Å². The normalized spacial score (nSPS) is 20.7. The predicted octanol–water partition coefficient (Wildman–Crippen LogP) is -1.69. The highest BCUT2D eigenvalue weighted by atomic mass is 32.2. The van der Waals surface area contributed by atoms with Crippen molar-refractivity contribution in [2.45, 2.75) is 12.5 Å². The number of rotatable bonds is 6. The van der Waals surface area contributed by atoms with E-state index in [1.165, 1.54) is 0 Å². The Kier molecular flexibility index (Phi) is 5.32. The summed E-state index contributed by atoms with van der Waals surface area (Å²) in [5.41, 5.74) is 0. The lowest BCUT2D eigenvalue weighted by atomic mass is 10.2. The molecule has 0 spiro atoms. The molecule has 0 aromatic rings. The van der Waals surface area contributed by atoms with E-state index < -0.39 is 34.3 Å². The van der Waals surface area contributed by atoms with Crippen molar-refractivity contribution >= 4 is 21.7 Å². The van der Waals surface area contributed by atoms with Crippen molar-refractivity contribution in [1.29, 1.82) is 0 Å². The Morgan fingerprint density at radius 3 is 2.63 bits per heavy atom. The van der Waals surface area contributed by atoms with Crippen molar-refractivity contribution in [3.05, 3.63) is 0 Å². The molecule has 0 aliphatic carbocycles. The molecule has 1 fully saturated rings. The number of aliphatic carboxylic acids is 1. The van der Waals surface area contributed by atoms with Crippen molar-refractivity contribution < 1.29 is 23.1 Å². The maximum Gasteiger partial charge on any atom is 0.323 e. The van der Waals surface area contributed by atoms with Gasteiger partial charge in [-0.05, 0) is 6.42 Å². The molecule has 0 aromatic heterocycles. The number of carbonyl (C=O) groups is 2. The summed E-state index contributed by atoms with van der Waals surface area (Å²) in [6.45, 7) is -0.416. The summed E-state index contributed by atoms with van der Waals surface area (Å²) in [6, 6.07) is -0.568. The molecule has 7 nitrogen and oxygen atoms in total. The van der Waals surface area contributed by atoms with Crippen LogP contribution in [0.3, 0.4) is 0 Å². The zero-order valence-electron chi connectivity index (χ0n) is 10.3. The lowest BCUT2D eigenvalue weighted by molar-refractivity contribution is -0.145. The van der Waals surface area contributed by atoms with E-state index in [0.29, 0.717) is 0 Å². The van der Waals surface area contributed by atoms with Gasteiger partial charge in [-0.25, -0.2) is 8.42 Å². The van der Waals surface area contributed by atoms with E-state index in [0.717, 1.165) is 4.90 Å². The Hall–Kier alpha value is -1.59. The number of carbonyl (C=O) groups excluding carboxylic acids is 1. The van der Waals surface area contributed by atoms with Gasteiger partial charge in [-0.15, -0.1) is 6.42 Å². The number of nitrogens with zero attached hydrogens (tertiary/aromatic N) is 1. The molecule has 19 heavy (non-hydrogen) atoms. The Labute approximate surface area is 111 Å². The lowest BCUT2D eigenvalue weighted by Crippen LogP contribution is -2.47. The van der Waals surface area contributed by atoms with Crippen LogP contribution in [0.1, 0.15) is 6.42 Å². The number of hydrogen-bond donors (Lipinski definition) is 2. The molecule has 0 bridgehead atoms. The minimum atomic E-state index is -3.17. The molecule has 1 atom stereocenters. The van der Waals surface area contributed by atoms with E-state index in [-0.39, 0.29) is 31.0 Å². The van der Waals surface area contributed by atoms with Gasteiger partial charge in [0.15, 0.2) is 9.84 Å².